The Morgan fingerprint density at radius 2 is 2.25 bits per heavy atom. The Hall–Kier alpha value is -1.13. The fourth-order valence-electron chi connectivity index (χ4n) is 2.87. The zero-order chi connectivity index (χ0) is 14.3. The molecule has 2 heterocycles. The third-order valence-electron chi connectivity index (χ3n) is 4.25. The van der Waals surface area contributed by atoms with Gasteiger partial charge in [0.15, 0.2) is 5.65 Å². The Kier molecular flexibility index (Phi) is 3.46. The van der Waals surface area contributed by atoms with Crippen LogP contribution in [0.5, 0.6) is 0 Å². The van der Waals surface area contributed by atoms with E-state index in [-0.39, 0.29) is 11.0 Å². The van der Waals surface area contributed by atoms with Crippen LogP contribution in [0.3, 0.4) is 0 Å². The average molecular weight is 294 g/mol. The third-order valence-corrected chi connectivity index (χ3v) is 4.45. The molecule has 0 N–H and O–H groups in total. The van der Waals surface area contributed by atoms with E-state index in [2.05, 4.69) is 20.6 Å². The highest BCUT2D eigenvalue weighted by Gasteiger charge is 2.38. The van der Waals surface area contributed by atoms with Crippen LogP contribution in [0, 0.1) is 6.92 Å². The number of rotatable bonds is 4. The number of alkyl halides is 1. The van der Waals surface area contributed by atoms with E-state index < -0.39 is 0 Å². The molecule has 1 aliphatic rings. The van der Waals surface area contributed by atoms with Gasteiger partial charge in [-0.15, -0.1) is 11.6 Å². The second-order valence-corrected chi connectivity index (χ2v) is 6.42. The van der Waals surface area contributed by atoms with Crippen molar-refractivity contribution in [3.63, 3.8) is 0 Å². The van der Waals surface area contributed by atoms with Crippen molar-refractivity contribution in [2.45, 2.75) is 50.6 Å². The first-order chi connectivity index (χ1) is 9.54. The zero-order valence-electron chi connectivity index (χ0n) is 12.2. The van der Waals surface area contributed by atoms with Crippen molar-refractivity contribution in [3.8, 4) is 0 Å². The van der Waals surface area contributed by atoms with Gasteiger partial charge in [0, 0.05) is 13.3 Å². The molecule has 2 aromatic heterocycles. The summed E-state index contributed by atoms with van der Waals surface area (Å²) in [6, 6.07) is 2.06. The molecule has 5 heteroatoms. The number of aromatic nitrogens is 3. The Labute approximate surface area is 124 Å². The Balaban J connectivity index is 2.09. The van der Waals surface area contributed by atoms with Crippen LogP contribution >= 0.6 is 11.6 Å². The molecular formula is C15H20ClN3O. The molecule has 0 amide bonds. The zero-order valence-corrected chi connectivity index (χ0v) is 12.9. The molecule has 1 atom stereocenters. The molecule has 20 heavy (non-hydrogen) atoms. The van der Waals surface area contributed by atoms with Gasteiger partial charge >= 0.3 is 0 Å². The van der Waals surface area contributed by atoms with Crippen LogP contribution in [-0.4, -0.2) is 27.2 Å². The highest BCUT2D eigenvalue weighted by molar-refractivity contribution is 6.20. The molecule has 2 aromatic rings. The van der Waals surface area contributed by atoms with Gasteiger partial charge in [-0.2, -0.15) is 0 Å². The number of aryl methyl sites for hydroxylation is 1. The van der Waals surface area contributed by atoms with Crippen LogP contribution < -0.4 is 0 Å². The summed E-state index contributed by atoms with van der Waals surface area (Å²) >= 11 is 6.30. The van der Waals surface area contributed by atoms with Crippen LogP contribution in [0.1, 0.15) is 43.0 Å². The maximum atomic E-state index is 6.30. The van der Waals surface area contributed by atoms with E-state index in [1.54, 1.807) is 7.11 Å². The smallest absolute Gasteiger partial charge is 0.160 e. The van der Waals surface area contributed by atoms with Crippen molar-refractivity contribution < 1.29 is 4.74 Å². The van der Waals surface area contributed by atoms with E-state index in [0.717, 1.165) is 41.9 Å². The monoisotopic (exact) mass is 293 g/mol. The fraction of sp³-hybridized carbons (Fsp3) is 0.600. The van der Waals surface area contributed by atoms with Gasteiger partial charge in [-0.3, -0.25) is 0 Å². The van der Waals surface area contributed by atoms with Gasteiger partial charge in [0.1, 0.15) is 11.3 Å². The number of hydrogen-bond donors (Lipinski definition) is 0. The molecule has 0 radical (unpaired) electrons. The highest BCUT2D eigenvalue weighted by Crippen LogP contribution is 2.38. The first-order valence-electron chi connectivity index (χ1n) is 7.07. The Morgan fingerprint density at radius 3 is 2.80 bits per heavy atom. The van der Waals surface area contributed by atoms with Crippen molar-refractivity contribution in [3.05, 3.63) is 23.7 Å². The van der Waals surface area contributed by atoms with Gasteiger partial charge in [0.05, 0.1) is 17.5 Å². The van der Waals surface area contributed by atoms with Gasteiger partial charge in [-0.25, -0.2) is 9.97 Å². The molecule has 1 saturated carbocycles. The lowest BCUT2D eigenvalue weighted by Gasteiger charge is -2.41. The minimum absolute atomic E-state index is 0.0687. The van der Waals surface area contributed by atoms with E-state index >= 15 is 0 Å². The first-order valence-corrected chi connectivity index (χ1v) is 7.50. The molecule has 0 bridgehead atoms. The Bertz CT molecular complexity index is 626. The van der Waals surface area contributed by atoms with Crippen molar-refractivity contribution >= 4 is 22.8 Å². The molecule has 1 unspecified atom stereocenters. The quantitative estimate of drug-likeness (QED) is 0.809. The second-order valence-electron chi connectivity index (χ2n) is 5.77. The van der Waals surface area contributed by atoms with Crippen molar-refractivity contribution in [1.29, 1.82) is 0 Å². The van der Waals surface area contributed by atoms with E-state index in [9.17, 15) is 0 Å². The van der Waals surface area contributed by atoms with Gasteiger partial charge in [-0.05, 0) is 44.7 Å². The molecule has 0 aliphatic heterocycles. The van der Waals surface area contributed by atoms with Gasteiger partial charge < -0.3 is 9.30 Å². The summed E-state index contributed by atoms with van der Waals surface area (Å²) in [5.41, 5.74) is 2.86. The standard InChI is InChI=1S/C15H20ClN3O/c1-10-7-12-14(17-8-10)19(13(18-12)11(2)16)9-15(20-3)5-4-6-15/h7-8,11H,4-6,9H2,1-3H3. The third kappa shape index (κ3) is 2.21. The minimum Gasteiger partial charge on any atom is -0.376 e. The predicted octanol–water partition coefficient (Wildman–Crippen LogP) is 3.61. The van der Waals surface area contributed by atoms with Crippen molar-refractivity contribution in [2.24, 2.45) is 0 Å². The second kappa shape index (κ2) is 5.01. The lowest BCUT2D eigenvalue weighted by Crippen LogP contribution is -2.43. The van der Waals surface area contributed by atoms with Crippen LogP contribution in [0.4, 0.5) is 0 Å². The summed E-state index contributed by atoms with van der Waals surface area (Å²) in [6.07, 6.45) is 5.28. The van der Waals surface area contributed by atoms with Gasteiger partial charge in [-0.1, -0.05) is 0 Å². The number of ether oxygens (including phenoxy) is 1. The predicted molar refractivity (Wildman–Crippen MR) is 80.1 cm³/mol. The summed E-state index contributed by atoms with van der Waals surface area (Å²) in [5, 5.41) is -0.140. The summed E-state index contributed by atoms with van der Waals surface area (Å²) in [7, 11) is 1.79. The van der Waals surface area contributed by atoms with Crippen LogP contribution in [-0.2, 0) is 11.3 Å². The number of halogens is 1. The molecule has 0 spiro atoms. The lowest BCUT2D eigenvalue weighted by atomic mass is 9.80. The Morgan fingerprint density at radius 1 is 1.50 bits per heavy atom. The number of imidazole rings is 1. The van der Waals surface area contributed by atoms with Crippen LogP contribution in [0.25, 0.3) is 11.2 Å². The summed E-state index contributed by atoms with van der Waals surface area (Å²) in [5.74, 6) is 0.878. The van der Waals surface area contributed by atoms with Gasteiger partial charge in [0.2, 0.25) is 0 Å². The minimum atomic E-state index is -0.140. The number of nitrogens with zero attached hydrogens (tertiary/aromatic N) is 3. The largest absolute Gasteiger partial charge is 0.376 e. The normalized spacial score (nSPS) is 19.0. The van der Waals surface area contributed by atoms with Crippen molar-refractivity contribution in [2.75, 3.05) is 7.11 Å². The van der Waals surface area contributed by atoms with Gasteiger partial charge in [0.25, 0.3) is 0 Å². The molecule has 1 fully saturated rings. The number of methoxy groups -OCH3 is 1. The van der Waals surface area contributed by atoms with Crippen molar-refractivity contribution in [1.82, 2.24) is 14.5 Å². The fourth-order valence-corrected chi connectivity index (χ4v) is 3.04. The maximum absolute atomic E-state index is 6.30. The molecule has 0 aromatic carbocycles. The summed E-state index contributed by atoms with van der Waals surface area (Å²) < 4.78 is 7.87. The molecule has 3 rings (SSSR count). The molecule has 1 aliphatic carbocycles. The van der Waals surface area contributed by atoms with E-state index in [0.29, 0.717) is 0 Å². The van der Waals surface area contributed by atoms with E-state index in [1.807, 2.05) is 20.0 Å². The summed E-state index contributed by atoms with van der Waals surface area (Å²) in [4.78, 5) is 9.21. The number of hydrogen-bond acceptors (Lipinski definition) is 3. The summed E-state index contributed by atoms with van der Waals surface area (Å²) in [6.45, 7) is 4.76. The van der Waals surface area contributed by atoms with E-state index in [1.165, 1.54) is 6.42 Å². The number of fused-ring (bicyclic) bond motifs is 1. The molecule has 0 saturated heterocycles. The average Bonchev–Trinajstić information content (AvgIpc) is 2.71. The molecule has 4 nitrogen and oxygen atoms in total. The number of pyridine rings is 1. The first kappa shape index (κ1) is 13.8. The van der Waals surface area contributed by atoms with E-state index in [4.69, 9.17) is 16.3 Å². The SMILES string of the molecule is COC1(Cn2c(C(C)Cl)nc3cc(C)cnc32)CCC1. The lowest BCUT2D eigenvalue weighted by molar-refractivity contribution is -0.0833. The topological polar surface area (TPSA) is 39.9 Å². The van der Waals surface area contributed by atoms with Crippen LogP contribution in [0.15, 0.2) is 12.3 Å². The highest BCUT2D eigenvalue weighted by atomic mass is 35.5. The molecule has 108 valence electrons. The van der Waals surface area contributed by atoms with Crippen LogP contribution in [0.2, 0.25) is 0 Å². The maximum Gasteiger partial charge on any atom is 0.160 e. The molecular weight excluding hydrogens is 274 g/mol.